The number of hydrogen-bond acceptors (Lipinski definition) is 6. The lowest BCUT2D eigenvalue weighted by Crippen LogP contribution is -2.48. The van der Waals surface area contributed by atoms with E-state index in [9.17, 15) is 9.59 Å². The molecule has 2 aromatic rings. The molecule has 0 bridgehead atoms. The first-order chi connectivity index (χ1) is 13.8. The number of benzene rings is 1. The molecule has 0 unspecified atom stereocenters. The van der Waals surface area contributed by atoms with Crippen molar-refractivity contribution in [3.63, 3.8) is 0 Å². The van der Waals surface area contributed by atoms with Crippen molar-refractivity contribution in [3.8, 4) is 5.75 Å². The van der Waals surface area contributed by atoms with Crippen LogP contribution in [0.4, 0.5) is 5.69 Å². The Morgan fingerprint density at radius 1 is 1.07 bits per heavy atom. The Kier molecular flexibility index (Phi) is 6.47. The van der Waals surface area contributed by atoms with Gasteiger partial charge in [0.05, 0.1) is 10.3 Å². The summed E-state index contributed by atoms with van der Waals surface area (Å²) in [6.07, 6.45) is 0. The fraction of sp³-hybridized carbons (Fsp3) is 0.455. The van der Waals surface area contributed by atoms with E-state index < -0.39 is 11.4 Å². The molecule has 1 aromatic heterocycles. The molecule has 1 aliphatic rings. The van der Waals surface area contributed by atoms with Crippen LogP contribution in [0.1, 0.15) is 37.4 Å². The second-order valence-corrected chi connectivity index (χ2v) is 9.03. The average molecular weight is 417 g/mol. The van der Waals surface area contributed by atoms with Gasteiger partial charge in [-0.2, -0.15) is 0 Å². The zero-order chi connectivity index (χ0) is 21.0. The zero-order valence-electron chi connectivity index (χ0n) is 17.4. The molecule has 29 heavy (non-hydrogen) atoms. The molecule has 0 saturated carbocycles. The summed E-state index contributed by atoms with van der Waals surface area (Å²) in [4.78, 5) is 40.0. The Hall–Kier alpha value is -2.54. The maximum atomic E-state index is 12.5. The summed E-state index contributed by atoms with van der Waals surface area (Å²) in [5, 5.41) is 1.92. The molecule has 0 atom stereocenters. The van der Waals surface area contributed by atoms with Crippen LogP contribution < -0.4 is 9.79 Å². The number of rotatable bonds is 6. The number of amides is 1. The minimum atomic E-state index is -0.622. The van der Waals surface area contributed by atoms with Gasteiger partial charge in [0, 0.05) is 37.9 Å². The Balaban J connectivity index is 1.56. The highest BCUT2D eigenvalue weighted by atomic mass is 32.1. The smallest absolute Gasteiger partial charge is 0.361 e. The molecule has 3 rings (SSSR count). The number of nitrogens with zero attached hydrogens (tertiary/aromatic N) is 2. The Bertz CT molecular complexity index is 840. The van der Waals surface area contributed by atoms with Gasteiger partial charge in [0.1, 0.15) is 0 Å². The largest absolute Gasteiger partial charge is 0.368 e. The molecule has 7 heteroatoms. The average Bonchev–Trinajstić information content (AvgIpc) is 3.26. The lowest BCUT2D eigenvalue weighted by atomic mass is 9.81. The number of thiophene rings is 1. The second kappa shape index (κ2) is 8.86. The van der Waals surface area contributed by atoms with Crippen LogP contribution in [-0.4, -0.2) is 43.0 Å². The van der Waals surface area contributed by atoms with Crippen molar-refractivity contribution in [2.45, 2.75) is 27.7 Å². The minimum absolute atomic E-state index is 0.0939. The van der Waals surface area contributed by atoms with Crippen molar-refractivity contribution < 1.29 is 19.4 Å². The summed E-state index contributed by atoms with van der Waals surface area (Å²) in [7, 11) is 0. The van der Waals surface area contributed by atoms with E-state index in [1.165, 1.54) is 11.3 Å². The number of anilines is 1. The molecular formula is C22H28N2O4S. The van der Waals surface area contributed by atoms with Crippen LogP contribution >= 0.6 is 11.3 Å². The van der Waals surface area contributed by atoms with Gasteiger partial charge in [-0.3, -0.25) is 9.68 Å². The van der Waals surface area contributed by atoms with E-state index in [1.807, 2.05) is 68.3 Å². The maximum Gasteiger partial charge on any atom is 0.361 e. The highest BCUT2D eigenvalue weighted by Crippen LogP contribution is 2.29. The summed E-state index contributed by atoms with van der Waals surface area (Å²) >= 11 is 1.47. The van der Waals surface area contributed by atoms with Crippen LogP contribution in [0.15, 0.2) is 41.8 Å². The van der Waals surface area contributed by atoms with Gasteiger partial charge in [0.25, 0.3) is 5.91 Å². The first kappa shape index (κ1) is 21.2. The second-order valence-electron chi connectivity index (χ2n) is 8.08. The molecule has 2 heterocycles. The lowest BCUT2D eigenvalue weighted by molar-refractivity contribution is -0.226. The Morgan fingerprint density at radius 3 is 2.41 bits per heavy atom. The summed E-state index contributed by atoms with van der Waals surface area (Å²) in [5.41, 5.74) is 0.355. The van der Waals surface area contributed by atoms with Gasteiger partial charge in [0.15, 0.2) is 5.75 Å². The number of hydrogen-bond donors (Lipinski definition) is 0. The van der Waals surface area contributed by atoms with Gasteiger partial charge in [-0.05, 0) is 43.3 Å². The van der Waals surface area contributed by atoms with Crippen LogP contribution in [0.2, 0.25) is 0 Å². The van der Waals surface area contributed by atoms with Gasteiger partial charge in [0.2, 0.25) is 0 Å². The molecular weight excluding hydrogens is 388 g/mol. The van der Waals surface area contributed by atoms with Crippen LogP contribution in [0, 0.1) is 11.3 Å². The number of carbonyl (C=O) groups excluding carboxylic acids is 2. The van der Waals surface area contributed by atoms with Crippen molar-refractivity contribution in [1.29, 1.82) is 0 Å². The van der Waals surface area contributed by atoms with Crippen LogP contribution in [0.5, 0.6) is 5.75 Å². The monoisotopic (exact) mass is 416 g/mol. The first-order valence-electron chi connectivity index (χ1n) is 9.86. The highest BCUT2D eigenvalue weighted by Gasteiger charge is 2.34. The van der Waals surface area contributed by atoms with Crippen molar-refractivity contribution in [3.05, 3.63) is 46.7 Å². The van der Waals surface area contributed by atoms with Crippen molar-refractivity contribution in [1.82, 2.24) is 4.90 Å². The SMILES string of the molecule is CC(C)C(C)(C)C(=O)OOc1cccc(N2CCN(C(=O)c3cccs3)CC2)c1. The van der Waals surface area contributed by atoms with Crippen LogP contribution in [-0.2, 0) is 9.68 Å². The fourth-order valence-electron chi connectivity index (χ4n) is 2.88. The van der Waals surface area contributed by atoms with Crippen LogP contribution in [0.3, 0.4) is 0 Å². The van der Waals surface area contributed by atoms with Gasteiger partial charge in [-0.1, -0.05) is 26.0 Å². The van der Waals surface area contributed by atoms with Gasteiger partial charge in [-0.15, -0.1) is 11.3 Å². The molecule has 0 spiro atoms. The predicted molar refractivity (Wildman–Crippen MR) is 114 cm³/mol. The van der Waals surface area contributed by atoms with Crippen molar-refractivity contribution >= 4 is 28.9 Å². The molecule has 1 aromatic carbocycles. The zero-order valence-corrected chi connectivity index (χ0v) is 18.2. The summed E-state index contributed by atoms with van der Waals surface area (Å²) in [6, 6.07) is 11.2. The Morgan fingerprint density at radius 2 is 1.79 bits per heavy atom. The maximum absolute atomic E-state index is 12.5. The summed E-state index contributed by atoms with van der Waals surface area (Å²) in [6.45, 7) is 10.4. The third-order valence-electron chi connectivity index (χ3n) is 5.66. The number of carbonyl (C=O) groups is 2. The fourth-order valence-corrected chi connectivity index (χ4v) is 3.58. The molecule has 156 valence electrons. The van der Waals surface area contributed by atoms with Crippen LogP contribution in [0.25, 0.3) is 0 Å². The molecule has 6 nitrogen and oxygen atoms in total. The standard InChI is InChI=1S/C22H28N2O4S/c1-16(2)22(3,4)21(26)28-27-18-8-5-7-17(15-18)23-10-12-24(13-11-23)20(25)19-9-6-14-29-19/h5-9,14-16H,10-13H2,1-4H3. The first-order valence-corrected chi connectivity index (χ1v) is 10.7. The highest BCUT2D eigenvalue weighted by molar-refractivity contribution is 7.12. The van der Waals surface area contributed by atoms with E-state index in [2.05, 4.69) is 4.90 Å². The third kappa shape index (κ3) is 4.90. The predicted octanol–water partition coefficient (Wildman–Crippen LogP) is 4.23. The van der Waals surface area contributed by atoms with E-state index in [0.29, 0.717) is 18.8 Å². The van der Waals surface area contributed by atoms with Gasteiger partial charge in [-0.25, -0.2) is 9.68 Å². The van der Waals surface area contributed by atoms with E-state index in [1.54, 1.807) is 6.07 Å². The summed E-state index contributed by atoms with van der Waals surface area (Å²) in [5.74, 6) is 0.320. The normalized spacial score (nSPS) is 14.8. The molecule has 1 amide bonds. The molecule has 0 radical (unpaired) electrons. The molecule has 0 aliphatic carbocycles. The van der Waals surface area contributed by atoms with E-state index in [0.717, 1.165) is 23.7 Å². The topological polar surface area (TPSA) is 59.1 Å². The molecule has 1 aliphatic heterocycles. The minimum Gasteiger partial charge on any atom is -0.368 e. The summed E-state index contributed by atoms with van der Waals surface area (Å²) < 4.78 is 0. The van der Waals surface area contributed by atoms with E-state index >= 15 is 0 Å². The quantitative estimate of drug-likeness (QED) is 0.521. The lowest BCUT2D eigenvalue weighted by Gasteiger charge is -2.36. The molecule has 1 fully saturated rings. The van der Waals surface area contributed by atoms with Crippen molar-refractivity contribution in [2.75, 3.05) is 31.1 Å². The number of piperazine rings is 1. The molecule has 0 N–H and O–H groups in total. The van der Waals surface area contributed by atoms with E-state index in [4.69, 9.17) is 9.78 Å². The van der Waals surface area contributed by atoms with Gasteiger partial charge >= 0.3 is 5.97 Å². The Labute approximate surface area is 176 Å². The third-order valence-corrected chi connectivity index (χ3v) is 6.52. The van der Waals surface area contributed by atoms with Gasteiger partial charge < -0.3 is 9.80 Å². The van der Waals surface area contributed by atoms with E-state index in [-0.39, 0.29) is 11.8 Å². The van der Waals surface area contributed by atoms with Crippen molar-refractivity contribution in [2.24, 2.45) is 11.3 Å². The molecule has 1 saturated heterocycles.